The lowest BCUT2D eigenvalue weighted by atomic mass is 10.1. The number of hydrogen-bond donors (Lipinski definition) is 2. The van der Waals surface area contributed by atoms with E-state index in [0.717, 1.165) is 55.7 Å². The predicted octanol–water partition coefficient (Wildman–Crippen LogP) is 2.54. The number of nitrogens with one attached hydrogen (secondary N) is 2. The van der Waals surface area contributed by atoms with Crippen molar-refractivity contribution in [1.29, 1.82) is 0 Å². The molecule has 0 bridgehead atoms. The van der Waals surface area contributed by atoms with Crippen LogP contribution < -0.4 is 15.4 Å². The van der Waals surface area contributed by atoms with Gasteiger partial charge in [-0.1, -0.05) is 18.2 Å². The average Bonchev–Trinajstić information content (AvgIpc) is 2.83. The molecule has 1 fully saturated rings. The highest BCUT2D eigenvalue weighted by Crippen LogP contribution is 2.25. The molecule has 2 aromatic heterocycles. The summed E-state index contributed by atoms with van der Waals surface area (Å²) in [6.07, 6.45) is 2.65. The van der Waals surface area contributed by atoms with Gasteiger partial charge in [0.25, 0.3) is 5.91 Å². The number of morpholine rings is 1. The van der Waals surface area contributed by atoms with E-state index < -0.39 is 0 Å². The van der Waals surface area contributed by atoms with E-state index in [1.54, 1.807) is 18.3 Å². The quantitative estimate of drug-likeness (QED) is 0.520. The maximum absolute atomic E-state index is 12.5. The second-order valence-corrected chi connectivity index (χ2v) is 7.65. The van der Waals surface area contributed by atoms with Crippen LogP contribution in [0.25, 0.3) is 10.9 Å². The summed E-state index contributed by atoms with van der Waals surface area (Å²) >= 11 is 0. The fourth-order valence-corrected chi connectivity index (χ4v) is 3.62. The van der Waals surface area contributed by atoms with Crippen LogP contribution in [0.3, 0.4) is 0 Å². The minimum Gasteiger partial charge on any atom is -0.479 e. The summed E-state index contributed by atoms with van der Waals surface area (Å²) in [5, 5.41) is 7.04. The van der Waals surface area contributed by atoms with Gasteiger partial charge in [-0.05, 0) is 37.6 Å². The monoisotopic (exact) mass is 436 g/mol. The molecule has 1 aromatic carbocycles. The second kappa shape index (κ2) is 10.3. The first kappa shape index (κ1) is 21.9. The first-order valence-corrected chi connectivity index (χ1v) is 10.8. The second-order valence-electron chi connectivity index (χ2n) is 7.65. The molecule has 1 saturated heterocycles. The topological polar surface area (TPSA) is 102 Å². The van der Waals surface area contributed by atoms with Crippen LogP contribution in [0.2, 0.25) is 0 Å². The molecule has 32 heavy (non-hydrogen) atoms. The number of benzene rings is 1. The number of nitrogens with zero attached hydrogens (tertiary/aromatic N) is 4. The van der Waals surface area contributed by atoms with Gasteiger partial charge in [-0.2, -0.15) is 0 Å². The third-order valence-electron chi connectivity index (χ3n) is 5.39. The van der Waals surface area contributed by atoms with E-state index in [0.29, 0.717) is 29.8 Å². The number of aromatic nitrogens is 3. The number of fused-ring (bicyclic) bond motifs is 1. The Hall–Kier alpha value is -3.30. The molecule has 9 nitrogen and oxygen atoms in total. The first-order valence-electron chi connectivity index (χ1n) is 10.8. The summed E-state index contributed by atoms with van der Waals surface area (Å²) in [6, 6.07) is 9.38. The molecule has 168 valence electrons. The fourth-order valence-electron chi connectivity index (χ4n) is 3.62. The molecule has 1 aliphatic heterocycles. The Labute approximate surface area is 187 Å². The van der Waals surface area contributed by atoms with E-state index in [1.807, 2.05) is 25.1 Å². The van der Waals surface area contributed by atoms with Gasteiger partial charge in [-0.15, -0.1) is 0 Å². The predicted molar refractivity (Wildman–Crippen MR) is 123 cm³/mol. The SMILES string of the molecule is COc1nc(C(=O)NCCCN2CCOCC2)ccc1Nc1ncc2cccc(C)c2n1. The van der Waals surface area contributed by atoms with Crippen molar-refractivity contribution in [2.75, 3.05) is 51.8 Å². The zero-order chi connectivity index (χ0) is 22.3. The van der Waals surface area contributed by atoms with Crippen molar-refractivity contribution >= 4 is 28.4 Å². The van der Waals surface area contributed by atoms with Gasteiger partial charge in [0.1, 0.15) is 11.4 Å². The van der Waals surface area contributed by atoms with Crippen LogP contribution in [-0.2, 0) is 4.74 Å². The van der Waals surface area contributed by atoms with Crippen LogP contribution in [0.1, 0.15) is 22.5 Å². The standard InChI is InChI=1S/C23H28N6O3/c1-16-5-3-6-17-15-25-23(28-20(16)17)27-19-8-7-18(26-22(19)31-2)21(30)24-9-4-10-29-11-13-32-14-12-29/h3,5-8,15H,4,9-14H2,1-2H3,(H,24,30)(H,25,27,28). The molecule has 0 radical (unpaired) electrons. The number of carbonyl (C=O) groups excluding carboxylic acids is 1. The zero-order valence-corrected chi connectivity index (χ0v) is 18.4. The van der Waals surface area contributed by atoms with Gasteiger partial charge < -0.3 is 20.1 Å². The molecule has 0 unspecified atom stereocenters. The Morgan fingerprint density at radius 2 is 2.03 bits per heavy atom. The van der Waals surface area contributed by atoms with Crippen molar-refractivity contribution in [2.45, 2.75) is 13.3 Å². The highest BCUT2D eigenvalue weighted by molar-refractivity contribution is 5.93. The van der Waals surface area contributed by atoms with Crippen molar-refractivity contribution in [1.82, 2.24) is 25.2 Å². The summed E-state index contributed by atoms with van der Waals surface area (Å²) in [4.78, 5) is 28.2. The Morgan fingerprint density at radius 1 is 1.19 bits per heavy atom. The molecule has 1 amide bonds. The molecule has 3 heterocycles. The van der Waals surface area contributed by atoms with E-state index in [1.165, 1.54) is 7.11 Å². The normalized spacial score (nSPS) is 14.3. The molecule has 0 aliphatic carbocycles. The van der Waals surface area contributed by atoms with E-state index in [9.17, 15) is 4.79 Å². The molecule has 3 aromatic rings. The highest BCUT2D eigenvalue weighted by Gasteiger charge is 2.14. The Morgan fingerprint density at radius 3 is 2.84 bits per heavy atom. The lowest BCUT2D eigenvalue weighted by Gasteiger charge is -2.26. The molecule has 0 atom stereocenters. The fraction of sp³-hybridized carbons (Fsp3) is 0.391. The maximum atomic E-state index is 12.5. The van der Waals surface area contributed by atoms with Crippen molar-refractivity contribution < 1.29 is 14.3 Å². The Kier molecular flexibility index (Phi) is 7.08. The van der Waals surface area contributed by atoms with Crippen LogP contribution in [0, 0.1) is 6.92 Å². The van der Waals surface area contributed by atoms with Gasteiger partial charge in [-0.25, -0.2) is 15.0 Å². The maximum Gasteiger partial charge on any atom is 0.270 e. The molecule has 1 aliphatic rings. The van der Waals surface area contributed by atoms with Gasteiger partial charge in [0.15, 0.2) is 0 Å². The lowest BCUT2D eigenvalue weighted by Crippen LogP contribution is -2.38. The van der Waals surface area contributed by atoms with Crippen LogP contribution in [0.4, 0.5) is 11.6 Å². The molecular weight excluding hydrogens is 408 g/mol. The lowest BCUT2D eigenvalue weighted by molar-refractivity contribution is 0.0374. The number of aryl methyl sites for hydroxylation is 1. The number of pyridine rings is 1. The molecule has 0 saturated carbocycles. The van der Waals surface area contributed by atoms with Crippen molar-refractivity contribution in [3.8, 4) is 5.88 Å². The number of carbonyl (C=O) groups is 1. The minimum absolute atomic E-state index is 0.227. The van der Waals surface area contributed by atoms with Crippen LogP contribution in [-0.4, -0.2) is 72.3 Å². The zero-order valence-electron chi connectivity index (χ0n) is 18.4. The van der Waals surface area contributed by atoms with Gasteiger partial charge in [0.05, 0.1) is 25.8 Å². The Bertz CT molecular complexity index is 1080. The van der Waals surface area contributed by atoms with Crippen LogP contribution in [0.15, 0.2) is 36.5 Å². The van der Waals surface area contributed by atoms with Gasteiger partial charge >= 0.3 is 0 Å². The first-order chi connectivity index (χ1) is 15.6. The molecular formula is C23H28N6O3. The number of amides is 1. The number of anilines is 2. The number of para-hydroxylation sites is 1. The van der Waals surface area contributed by atoms with Gasteiger partial charge in [0.2, 0.25) is 11.8 Å². The van der Waals surface area contributed by atoms with E-state index in [2.05, 4.69) is 30.5 Å². The molecule has 2 N–H and O–H groups in total. The minimum atomic E-state index is -0.227. The molecule has 0 spiro atoms. The van der Waals surface area contributed by atoms with Crippen molar-refractivity contribution in [3.63, 3.8) is 0 Å². The number of methoxy groups -OCH3 is 1. The van der Waals surface area contributed by atoms with E-state index in [4.69, 9.17) is 9.47 Å². The average molecular weight is 437 g/mol. The third kappa shape index (κ3) is 5.30. The summed E-state index contributed by atoms with van der Waals surface area (Å²) in [6.45, 7) is 6.98. The number of rotatable bonds is 8. The summed E-state index contributed by atoms with van der Waals surface area (Å²) in [7, 11) is 1.52. The van der Waals surface area contributed by atoms with Crippen LogP contribution in [0.5, 0.6) is 5.88 Å². The van der Waals surface area contributed by atoms with E-state index >= 15 is 0 Å². The largest absolute Gasteiger partial charge is 0.479 e. The third-order valence-corrected chi connectivity index (χ3v) is 5.39. The number of hydrogen-bond acceptors (Lipinski definition) is 8. The van der Waals surface area contributed by atoms with Crippen LogP contribution >= 0.6 is 0 Å². The molecule has 4 rings (SSSR count). The van der Waals surface area contributed by atoms with Crippen molar-refractivity contribution in [3.05, 3.63) is 47.8 Å². The summed E-state index contributed by atoms with van der Waals surface area (Å²) in [5.41, 5.74) is 2.84. The highest BCUT2D eigenvalue weighted by atomic mass is 16.5. The summed E-state index contributed by atoms with van der Waals surface area (Å²) < 4.78 is 10.7. The number of ether oxygens (including phenoxy) is 2. The van der Waals surface area contributed by atoms with Crippen molar-refractivity contribution in [2.24, 2.45) is 0 Å². The summed E-state index contributed by atoms with van der Waals surface area (Å²) in [5.74, 6) is 0.515. The Balaban J connectivity index is 1.38. The van der Waals surface area contributed by atoms with E-state index in [-0.39, 0.29) is 5.91 Å². The van der Waals surface area contributed by atoms with Gasteiger partial charge in [0, 0.05) is 31.2 Å². The smallest absolute Gasteiger partial charge is 0.270 e. The molecule has 9 heteroatoms. The van der Waals surface area contributed by atoms with Gasteiger partial charge in [-0.3, -0.25) is 9.69 Å².